The van der Waals surface area contributed by atoms with Crippen LogP contribution in [0.2, 0.25) is 0 Å². The first kappa shape index (κ1) is 43.3. The van der Waals surface area contributed by atoms with E-state index in [1.807, 2.05) is 13.8 Å². The summed E-state index contributed by atoms with van der Waals surface area (Å²) < 4.78 is 128. The molecule has 0 fully saturated rings. The molecule has 2 atom stereocenters. The Hall–Kier alpha value is -4.31. The van der Waals surface area contributed by atoms with Gasteiger partial charge in [0.2, 0.25) is 20.0 Å². The van der Waals surface area contributed by atoms with Gasteiger partial charge in [0.15, 0.2) is 17.7 Å². The second-order valence-electron chi connectivity index (χ2n) is 14.0. The van der Waals surface area contributed by atoms with E-state index in [2.05, 4.69) is 24.2 Å². The molecule has 58 heavy (non-hydrogen) atoms. The summed E-state index contributed by atoms with van der Waals surface area (Å²) in [6, 6.07) is 3.07. The summed E-state index contributed by atoms with van der Waals surface area (Å²) in [4.78, 5) is 27.1. The number of sulfonamides is 4. The number of benzene rings is 1. The van der Waals surface area contributed by atoms with Crippen LogP contribution in [0.1, 0.15) is 37.0 Å². The van der Waals surface area contributed by atoms with E-state index in [9.17, 15) is 57.9 Å². The van der Waals surface area contributed by atoms with Crippen LogP contribution in [-0.2, 0) is 69.3 Å². The fourth-order valence-corrected chi connectivity index (χ4v) is 13.2. The molecular formula is C32H36FN7O12S6. The topological polar surface area (TPSA) is 278 Å². The number of anilines is 2. The molecule has 1 aromatic carbocycles. The van der Waals surface area contributed by atoms with Crippen LogP contribution in [0.4, 0.5) is 14.4 Å². The molecule has 0 saturated heterocycles. The Labute approximate surface area is 341 Å². The molecule has 2 aromatic heterocycles. The van der Waals surface area contributed by atoms with Gasteiger partial charge in [-0.2, -0.15) is 21.1 Å². The first-order chi connectivity index (χ1) is 26.9. The van der Waals surface area contributed by atoms with Crippen LogP contribution in [-0.4, -0.2) is 102 Å². The highest BCUT2D eigenvalue weighted by atomic mass is 32.2. The molecule has 0 bridgehead atoms. The summed E-state index contributed by atoms with van der Waals surface area (Å²) >= 11 is 1.52. The molecule has 1 amide bonds. The van der Waals surface area contributed by atoms with Crippen molar-refractivity contribution >= 4 is 96.3 Å². The quantitative estimate of drug-likeness (QED) is 0.155. The van der Waals surface area contributed by atoms with Crippen LogP contribution < -0.4 is 15.4 Å². The average Bonchev–Trinajstić information content (AvgIpc) is 3.70. The highest BCUT2D eigenvalue weighted by Crippen LogP contribution is 2.41. The Bertz CT molecular complexity index is 2740. The van der Waals surface area contributed by atoms with Crippen molar-refractivity contribution in [2.24, 2.45) is 20.6 Å². The van der Waals surface area contributed by atoms with Crippen LogP contribution in [0.5, 0.6) is 0 Å². The number of amides is 1. The first-order valence-electron chi connectivity index (χ1n) is 16.9. The Morgan fingerprint density at radius 1 is 1.00 bits per heavy atom. The number of nitrogens with one attached hydrogen (secondary N) is 3. The number of thiophene rings is 2. The largest absolute Gasteiger partial charge is 0.511 e. The van der Waals surface area contributed by atoms with Crippen molar-refractivity contribution < 1.29 is 57.9 Å². The van der Waals surface area contributed by atoms with Crippen LogP contribution in [0.3, 0.4) is 0 Å². The highest BCUT2D eigenvalue weighted by molar-refractivity contribution is 7.91. The number of hydrogen-bond acceptors (Lipinski definition) is 15. The van der Waals surface area contributed by atoms with E-state index in [0.717, 1.165) is 28.9 Å². The summed E-state index contributed by atoms with van der Waals surface area (Å²) in [6.45, 7) is 2.49. The number of fused-ring (bicyclic) bond motifs is 2. The lowest BCUT2D eigenvalue weighted by molar-refractivity contribution is -0.139. The first-order valence-corrected chi connectivity index (χ1v) is 25.3. The zero-order chi connectivity index (χ0) is 42.7. The van der Waals surface area contributed by atoms with Crippen LogP contribution >= 0.6 is 22.7 Å². The molecule has 314 valence electrons. The van der Waals surface area contributed by atoms with Gasteiger partial charge >= 0.3 is 5.97 Å². The second-order valence-corrected chi connectivity index (χ2v) is 22.6. The molecule has 0 radical (unpaired) electrons. The van der Waals surface area contributed by atoms with Gasteiger partial charge in [0.1, 0.15) is 36.9 Å². The van der Waals surface area contributed by atoms with E-state index in [-0.39, 0.29) is 40.1 Å². The van der Waals surface area contributed by atoms with Gasteiger partial charge in [-0.15, -0.1) is 31.5 Å². The summed E-state index contributed by atoms with van der Waals surface area (Å²) in [6.07, 6.45) is 1.89. The maximum absolute atomic E-state index is 13.9. The van der Waals surface area contributed by atoms with Crippen molar-refractivity contribution in [3.8, 4) is 0 Å². The number of carboxylic acid groups (broad SMARTS) is 1. The standard InChI is InChI=1S/C32H36FN7O12S6/c1-16(2)9-18-12-39(11-17-5-7-21(33)8-6-17)31(42)22(24(18)41)27-35-30-26(58(51,52)37-27)20(15-54-30)13-40(56(4,47)48)23(32(43)44)28-36-29-25(57(49,50)38-28)19(14-53-29)10-34-55(3,45)46/h5-8,14-16,18,23,34,41H,9-13H2,1-4H3,(H,35,37)(H,36,38)(H,43,44). The van der Waals surface area contributed by atoms with E-state index in [0.29, 0.717) is 22.5 Å². The average molecular weight is 922 g/mol. The normalized spacial score (nSPS) is 19.5. The zero-order valence-corrected chi connectivity index (χ0v) is 35.7. The Morgan fingerprint density at radius 3 is 2.17 bits per heavy atom. The zero-order valence-electron chi connectivity index (χ0n) is 30.8. The number of halogens is 1. The number of carbonyl (C=O) groups excluding carboxylic acids is 1. The molecule has 3 aliphatic rings. The Kier molecular flexibility index (Phi) is 11.7. The van der Waals surface area contributed by atoms with Crippen molar-refractivity contribution in [1.29, 1.82) is 0 Å². The van der Waals surface area contributed by atoms with E-state index in [1.165, 1.54) is 39.9 Å². The molecule has 26 heteroatoms. The van der Waals surface area contributed by atoms with Gasteiger partial charge in [-0.05, 0) is 40.8 Å². The molecule has 2 unspecified atom stereocenters. The van der Waals surface area contributed by atoms with Crippen molar-refractivity contribution in [3.63, 3.8) is 0 Å². The van der Waals surface area contributed by atoms with Gasteiger partial charge < -0.3 is 25.7 Å². The number of nitrogens with zero attached hydrogens (tertiary/aromatic N) is 4. The van der Waals surface area contributed by atoms with Crippen molar-refractivity contribution in [1.82, 2.24) is 13.9 Å². The third-order valence-corrected chi connectivity index (χ3v) is 15.8. The van der Waals surface area contributed by atoms with Gasteiger partial charge in [-0.3, -0.25) is 4.79 Å². The number of rotatable bonds is 14. The van der Waals surface area contributed by atoms with Gasteiger partial charge in [0.25, 0.3) is 26.0 Å². The molecule has 5 N–H and O–H groups in total. The number of aliphatic hydroxyl groups excluding tert-OH is 1. The SMILES string of the molecule is CC(C)CC1CN(Cc2ccc(F)cc2)C(=O)C(C2=NS(=O)(=O)c3c(CN(C(C(=O)O)C4=NS(=O)(=O)c5c(CNS(C)(=O)=O)csc5N4)S(C)(=O)=O)csc3N2)=C1O. The van der Waals surface area contributed by atoms with E-state index < -0.39 is 116 Å². The maximum Gasteiger partial charge on any atom is 0.329 e. The number of carboxylic acids is 1. The summed E-state index contributed by atoms with van der Waals surface area (Å²) in [5, 5.41) is 29.3. The van der Waals surface area contributed by atoms with Crippen molar-refractivity contribution in [2.45, 2.75) is 55.7 Å². The van der Waals surface area contributed by atoms with Gasteiger partial charge in [0, 0.05) is 43.2 Å². The molecule has 19 nitrogen and oxygen atoms in total. The molecule has 3 aromatic rings. The van der Waals surface area contributed by atoms with Crippen molar-refractivity contribution in [3.05, 3.63) is 68.9 Å². The fraction of sp³-hybridized carbons (Fsp3) is 0.375. The van der Waals surface area contributed by atoms with Gasteiger partial charge in [-0.25, -0.2) is 30.7 Å². The predicted molar refractivity (Wildman–Crippen MR) is 213 cm³/mol. The van der Waals surface area contributed by atoms with E-state index in [1.54, 1.807) is 0 Å². The molecule has 3 aliphatic heterocycles. The summed E-state index contributed by atoms with van der Waals surface area (Å²) in [5.74, 6) is -5.46. The second kappa shape index (κ2) is 15.7. The molecule has 5 heterocycles. The lowest BCUT2D eigenvalue weighted by Crippen LogP contribution is -2.52. The van der Waals surface area contributed by atoms with Gasteiger partial charge in [0.05, 0.1) is 12.5 Å². The minimum atomic E-state index is -4.81. The summed E-state index contributed by atoms with van der Waals surface area (Å²) in [7, 11) is -17.9. The number of amidine groups is 2. The molecule has 0 saturated carbocycles. The number of hydrogen-bond donors (Lipinski definition) is 5. The third-order valence-electron chi connectivity index (χ3n) is 8.98. The summed E-state index contributed by atoms with van der Waals surface area (Å²) in [5.41, 5.74) is -0.122. The molecule has 0 spiro atoms. The van der Waals surface area contributed by atoms with E-state index >= 15 is 0 Å². The number of carbonyl (C=O) groups is 2. The lowest BCUT2D eigenvalue weighted by atomic mass is 9.88. The Balaban J connectivity index is 1.34. The monoisotopic (exact) mass is 921 g/mol. The molecule has 0 aliphatic carbocycles. The van der Waals surface area contributed by atoms with Crippen LogP contribution in [0.15, 0.2) is 64.9 Å². The maximum atomic E-state index is 13.9. The smallest absolute Gasteiger partial charge is 0.329 e. The molecule has 6 rings (SSSR count). The van der Waals surface area contributed by atoms with Crippen LogP contribution in [0.25, 0.3) is 0 Å². The third kappa shape index (κ3) is 8.97. The van der Waals surface area contributed by atoms with Crippen LogP contribution in [0, 0.1) is 17.7 Å². The lowest BCUT2D eigenvalue weighted by Gasteiger charge is -2.35. The number of aliphatic hydroxyl groups is 1. The predicted octanol–water partition coefficient (Wildman–Crippen LogP) is 2.46. The van der Waals surface area contributed by atoms with Crippen molar-refractivity contribution in [2.75, 3.05) is 29.7 Å². The molecular weight excluding hydrogens is 886 g/mol. The van der Waals surface area contributed by atoms with Gasteiger partial charge in [-0.1, -0.05) is 26.0 Å². The fourth-order valence-electron chi connectivity index (χ4n) is 6.56. The number of aliphatic carboxylic acids is 1. The van der Waals surface area contributed by atoms with E-state index in [4.69, 9.17) is 0 Å². The minimum Gasteiger partial charge on any atom is -0.511 e. The highest BCUT2D eigenvalue weighted by Gasteiger charge is 2.44. The Morgan fingerprint density at radius 2 is 1.59 bits per heavy atom. The minimum absolute atomic E-state index is 0.00178.